The van der Waals surface area contributed by atoms with E-state index in [0.717, 1.165) is 25.9 Å². The molecule has 5 nitrogen and oxygen atoms in total. The van der Waals surface area contributed by atoms with Crippen molar-refractivity contribution in [3.05, 3.63) is 38.9 Å². The summed E-state index contributed by atoms with van der Waals surface area (Å²) in [7, 11) is 2.12. The summed E-state index contributed by atoms with van der Waals surface area (Å²) in [6.07, 6.45) is 2.14. The number of benzene rings is 1. The molecule has 6 heteroatoms. The van der Waals surface area contributed by atoms with Crippen LogP contribution in [-0.4, -0.2) is 36.0 Å². The van der Waals surface area contributed by atoms with Crippen LogP contribution in [0.25, 0.3) is 0 Å². The smallest absolute Gasteiger partial charge is 0.275 e. The first-order valence-electron chi connectivity index (χ1n) is 7.26. The van der Waals surface area contributed by atoms with Gasteiger partial charge in [0.05, 0.1) is 15.5 Å². The lowest BCUT2D eigenvalue weighted by atomic mass is 10.1. The molecule has 0 atom stereocenters. The van der Waals surface area contributed by atoms with Crippen molar-refractivity contribution in [1.82, 2.24) is 10.2 Å². The summed E-state index contributed by atoms with van der Waals surface area (Å²) in [6, 6.07) is 5.33. The van der Waals surface area contributed by atoms with Crippen molar-refractivity contribution in [2.24, 2.45) is 0 Å². The minimum Gasteiger partial charge on any atom is -0.312 e. The van der Waals surface area contributed by atoms with Gasteiger partial charge in [-0.25, -0.2) is 0 Å². The molecule has 0 unspecified atom stereocenters. The van der Waals surface area contributed by atoms with Gasteiger partial charge >= 0.3 is 0 Å². The minimum absolute atomic E-state index is 0.0783. The van der Waals surface area contributed by atoms with Crippen molar-refractivity contribution in [3.8, 4) is 0 Å². The maximum atomic E-state index is 11.0. The molecule has 0 aliphatic carbocycles. The summed E-state index contributed by atoms with van der Waals surface area (Å²) >= 11 is 6.04. The van der Waals surface area contributed by atoms with Gasteiger partial charge in [-0.05, 0) is 52.9 Å². The number of unbranched alkanes of at least 4 members (excludes halogenated alkanes) is 1. The zero-order valence-corrected chi connectivity index (χ0v) is 13.7. The Morgan fingerprint density at radius 3 is 2.71 bits per heavy atom. The quantitative estimate of drug-likeness (QED) is 0.431. The van der Waals surface area contributed by atoms with E-state index in [1.165, 1.54) is 6.07 Å². The third kappa shape index (κ3) is 5.99. The number of hydrogen-bond acceptors (Lipinski definition) is 4. The summed E-state index contributed by atoms with van der Waals surface area (Å²) in [5.74, 6) is 0. The second-order valence-corrected chi connectivity index (χ2v) is 5.86. The fourth-order valence-corrected chi connectivity index (χ4v) is 2.21. The molecular weight excluding hydrogens is 290 g/mol. The van der Waals surface area contributed by atoms with E-state index in [1.54, 1.807) is 12.1 Å². The molecule has 0 aliphatic heterocycles. The number of nitrogens with one attached hydrogen (secondary N) is 1. The number of halogens is 1. The van der Waals surface area contributed by atoms with Crippen LogP contribution in [0, 0.1) is 10.1 Å². The number of nitro groups is 1. The molecule has 0 heterocycles. The van der Waals surface area contributed by atoms with Gasteiger partial charge in [0.15, 0.2) is 0 Å². The maximum Gasteiger partial charge on any atom is 0.275 e. The largest absolute Gasteiger partial charge is 0.312 e. The Hall–Kier alpha value is -1.17. The van der Waals surface area contributed by atoms with Gasteiger partial charge in [-0.15, -0.1) is 0 Å². The molecule has 0 spiro atoms. The molecule has 0 radical (unpaired) electrons. The molecule has 1 aromatic carbocycles. The van der Waals surface area contributed by atoms with Crippen LogP contribution in [0.15, 0.2) is 18.2 Å². The lowest BCUT2D eigenvalue weighted by Crippen LogP contribution is -2.27. The number of hydrogen-bond donors (Lipinski definition) is 1. The average Bonchev–Trinajstić information content (AvgIpc) is 2.43. The van der Waals surface area contributed by atoms with Crippen LogP contribution in [0.4, 0.5) is 5.69 Å². The number of nitrogens with zero attached hydrogens (tertiary/aromatic N) is 2. The highest BCUT2D eigenvalue weighted by Gasteiger charge is 2.15. The van der Waals surface area contributed by atoms with Crippen molar-refractivity contribution >= 4 is 17.3 Å². The van der Waals surface area contributed by atoms with Crippen molar-refractivity contribution in [2.75, 3.05) is 20.1 Å². The van der Waals surface area contributed by atoms with E-state index in [-0.39, 0.29) is 10.6 Å². The first-order valence-corrected chi connectivity index (χ1v) is 7.64. The Morgan fingerprint density at radius 1 is 1.38 bits per heavy atom. The fourth-order valence-electron chi connectivity index (χ4n) is 1.98. The Labute approximate surface area is 131 Å². The van der Waals surface area contributed by atoms with Crippen molar-refractivity contribution in [3.63, 3.8) is 0 Å². The lowest BCUT2D eigenvalue weighted by molar-refractivity contribution is -0.385. The highest BCUT2D eigenvalue weighted by Crippen LogP contribution is 2.25. The van der Waals surface area contributed by atoms with Gasteiger partial charge < -0.3 is 10.2 Å². The molecular formula is C15H24ClN3O2. The minimum atomic E-state index is -0.388. The summed E-state index contributed by atoms with van der Waals surface area (Å²) in [5, 5.41) is 14.6. The van der Waals surface area contributed by atoms with Gasteiger partial charge in [0.1, 0.15) is 0 Å². The van der Waals surface area contributed by atoms with Crippen LogP contribution in [0.3, 0.4) is 0 Å². The van der Waals surface area contributed by atoms with Gasteiger partial charge in [0, 0.05) is 18.7 Å². The molecule has 0 bridgehead atoms. The lowest BCUT2D eigenvalue weighted by Gasteiger charge is -2.20. The van der Waals surface area contributed by atoms with Crippen molar-refractivity contribution in [2.45, 2.75) is 39.3 Å². The van der Waals surface area contributed by atoms with E-state index in [9.17, 15) is 10.1 Å². The summed E-state index contributed by atoms with van der Waals surface area (Å²) in [5.41, 5.74) is 0.637. The zero-order valence-electron chi connectivity index (χ0n) is 12.9. The van der Waals surface area contributed by atoms with Crippen LogP contribution in [0.5, 0.6) is 0 Å². The van der Waals surface area contributed by atoms with E-state index < -0.39 is 0 Å². The van der Waals surface area contributed by atoms with Crippen molar-refractivity contribution < 1.29 is 4.92 Å². The molecule has 1 rings (SSSR count). The van der Waals surface area contributed by atoms with E-state index in [4.69, 9.17) is 11.6 Å². The average molecular weight is 314 g/mol. The third-order valence-corrected chi connectivity index (χ3v) is 3.94. The van der Waals surface area contributed by atoms with E-state index in [0.29, 0.717) is 23.2 Å². The van der Waals surface area contributed by atoms with Crippen LogP contribution in [-0.2, 0) is 6.54 Å². The van der Waals surface area contributed by atoms with Gasteiger partial charge in [-0.2, -0.15) is 0 Å². The molecule has 0 saturated heterocycles. The predicted molar refractivity (Wildman–Crippen MR) is 86.8 cm³/mol. The highest BCUT2D eigenvalue weighted by atomic mass is 35.5. The highest BCUT2D eigenvalue weighted by molar-refractivity contribution is 6.31. The van der Waals surface area contributed by atoms with E-state index in [2.05, 4.69) is 31.1 Å². The van der Waals surface area contributed by atoms with Crippen molar-refractivity contribution in [1.29, 1.82) is 0 Å². The van der Waals surface area contributed by atoms with Gasteiger partial charge in [0.25, 0.3) is 5.69 Å². The molecule has 1 aromatic rings. The summed E-state index contributed by atoms with van der Waals surface area (Å²) in [4.78, 5) is 12.9. The SMILES string of the molecule is CC(C)N(C)CCCCNCc1c(Cl)cccc1[N+](=O)[O-]. The first-order chi connectivity index (χ1) is 9.93. The van der Waals surface area contributed by atoms with Crippen LogP contribution >= 0.6 is 11.6 Å². The third-order valence-electron chi connectivity index (χ3n) is 3.59. The standard InChI is InChI=1S/C15H24ClN3O2/c1-12(2)18(3)10-5-4-9-17-11-13-14(16)7-6-8-15(13)19(20)21/h6-8,12,17H,4-5,9-11H2,1-3H3. The second kappa shape index (κ2) is 8.97. The molecule has 0 amide bonds. The molecule has 21 heavy (non-hydrogen) atoms. The molecule has 0 fully saturated rings. The zero-order chi connectivity index (χ0) is 15.8. The van der Waals surface area contributed by atoms with Gasteiger partial charge in [-0.3, -0.25) is 10.1 Å². The Kier molecular flexibility index (Phi) is 7.64. The molecule has 118 valence electrons. The Morgan fingerprint density at radius 2 is 2.10 bits per heavy atom. The molecule has 0 aromatic heterocycles. The van der Waals surface area contributed by atoms with Crippen LogP contribution in [0.1, 0.15) is 32.3 Å². The van der Waals surface area contributed by atoms with E-state index >= 15 is 0 Å². The van der Waals surface area contributed by atoms with Crippen LogP contribution < -0.4 is 5.32 Å². The topological polar surface area (TPSA) is 58.4 Å². The predicted octanol–water partition coefficient (Wildman–Crippen LogP) is 3.46. The van der Waals surface area contributed by atoms with E-state index in [1.807, 2.05) is 0 Å². The molecule has 1 N–H and O–H groups in total. The molecule has 0 saturated carbocycles. The second-order valence-electron chi connectivity index (χ2n) is 5.45. The van der Waals surface area contributed by atoms with Gasteiger partial charge in [-0.1, -0.05) is 17.7 Å². The number of rotatable bonds is 9. The monoisotopic (exact) mass is 313 g/mol. The Bertz CT molecular complexity index is 466. The van der Waals surface area contributed by atoms with Crippen LogP contribution in [0.2, 0.25) is 5.02 Å². The Balaban J connectivity index is 2.35. The van der Waals surface area contributed by atoms with Gasteiger partial charge in [0.2, 0.25) is 0 Å². The fraction of sp³-hybridized carbons (Fsp3) is 0.600. The maximum absolute atomic E-state index is 11.0. The number of nitro benzene ring substituents is 1. The summed E-state index contributed by atoms with van der Waals surface area (Å²) < 4.78 is 0. The summed E-state index contributed by atoms with van der Waals surface area (Å²) in [6.45, 7) is 6.67. The first kappa shape index (κ1) is 17.9. The normalized spacial score (nSPS) is 11.3. The molecule has 0 aliphatic rings.